The average Bonchev–Trinajstić information content (AvgIpc) is 2.33. The molecule has 0 radical (unpaired) electrons. The van der Waals surface area contributed by atoms with Crippen LogP contribution in [0.5, 0.6) is 0 Å². The number of rotatable bonds is 6. The molecule has 1 rings (SSSR count). The summed E-state index contributed by atoms with van der Waals surface area (Å²) in [6, 6.07) is 5.39. The Morgan fingerprint density at radius 3 is 2.53 bits per heavy atom. The van der Waals surface area contributed by atoms with Crippen LogP contribution in [0.4, 0.5) is 5.69 Å². The van der Waals surface area contributed by atoms with Crippen molar-refractivity contribution >= 4 is 21.4 Å². The molecule has 0 saturated carbocycles. The zero-order valence-corrected chi connectivity index (χ0v) is 12.3. The van der Waals surface area contributed by atoms with Gasteiger partial charge in [0.25, 0.3) is 5.91 Å². The minimum absolute atomic E-state index is 0.0883. The maximum atomic E-state index is 11.8. The fourth-order valence-corrected chi connectivity index (χ4v) is 2.39. The van der Waals surface area contributed by atoms with E-state index in [1.54, 1.807) is 12.1 Å². The summed E-state index contributed by atoms with van der Waals surface area (Å²) in [5.41, 5.74) is 2.55. The smallest absolute Gasteiger partial charge is 0.251 e. The fraction of sp³-hybridized carbons (Fsp3) is 0.462. The van der Waals surface area contributed by atoms with E-state index in [0.29, 0.717) is 18.5 Å². The van der Waals surface area contributed by atoms with E-state index in [4.69, 9.17) is 0 Å². The molecule has 1 aromatic rings. The maximum absolute atomic E-state index is 11.8. The van der Waals surface area contributed by atoms with E-state index in [9.17, 15) is 13.2 Å². The van der Waals surface area contributed by atoms with Crippen LogP contribution in [0.1, 0.15) is 22.3 Å². The summed E-state index contributed by atoms with van der Waals surface area (Å²) in [7, 11) is -1.14. The van der Waals surface area contributed by atoms with Crippen LogP contribution in [-0.4, -0.2) is 39.9 Å². The van der Waals surface area contributed by atoms with Crippen LogP contribution in [0.15, 0.2) is 18.2 Å². The van der Waals surface area contributed by atoms with Gasteiger partial charge in [-0.2, -0.15) is 0 Å². The van der Waals surface area contributed by atoms with Crippen LogP contribution < -0.4 is 10.6 Å². The number of hydrogen-bond donors (Lipinski definition) is 2. The zero-order chi connectivity index (χ0) is 14.5. The lowest BCUT2D eigenvalue weighted by Crippen LogP contribution is -2.25. The van der Waals surface area contributed by atoms with Gasteiger partial charge in [-0.25, -0.2) is 8.42 Å². The van der Waals surface area contributed by atoms with Gasteiger partial charge in [0.15, 0.2) is 0 Å². The highest BCUT2D eigenvalue weighted by Gasteiger charge is 2.07. The number of carbonyl (C=O) groups is 1. The number of hydrogen-bond acceptors (Lipinski definition) is 4. The minimum Gasteiger partial charge on any atom is -0.388 e. The normalized spacial score (nSPS) is 11.1. The van der Waals surface area contributed by atoms with Crippen molar-refractivity contribution in [1.82, 2.24) is 5.32 Å². The SMILES string of the molecule is CNc1ccc(C(=O)NCCCS(C)(=O)=O)cc1C. The van der Waals surface area contributed by atoms with Crippen molar-refractivity contribution in [3.63, 3.8) is 0 Å². The van der Waals surface area contributed by atoms with Crippen LogP contribution in [0.25, 0.3) is 0 Å². The highest BCUT2D eigenvalue weighted by molar-refractivity contribution is 7.90. The number of benzene rings is 1. The van der Waals surface area contributed by atoms with Crippen molar-refractivity contribution in [1.29, 1.82) is 0 Å². The van der Waals surface area contributed by atoms with E-state index < -0.39 is 9.84 Å². The van der Waals surface area contributed by atoms with Gasteiger partial charge in [-0.05, 0) is 37.1 Å². The first-order valence-electron chi connectivity index (χ1n) is 6.08. The second kappa shape index (κ2) is 6.56. The number of sulfone groups is 1. The molecule has 0 aliphatic rings. The van der Waals surface area contributed by atoms with Gasteiger partial charge in [-0.1, -0.05) is 0 Å². The predicted molar refractivity (Wildman–Crippen MR) is 77.4 cm³/mol. The van der Waals surface area contributed by atoms with Gasteiger partial charge < -0.3 is 10.6 Å². The van der Waals surface area contributed by atoms with Crippen LogP contribution in [0, 0.1) is 6.92 Å². The molecule has 2 N–H and O–H groups in total. The van der Waals surface area contributed by atoms with E-state index in [-0.39, 0.29) is 11.7 Å². The molecule has 1 amide bonds. The molecule has 0 aromatic heterocycles. The molecule has 0 spiro atoms. The second-order valence-electron chi connectivity index (χ2n) is 4.52. The zero-order valence-electron chi connectivity index (χ0n) is 11.5. The number of amides is 1. The molecule has 1 aromatic carbocycles. The van der Waals surface area contributed by atoms with Gasteiger partial charge in [0.1, 0.15) is 9.84 Å². The van der Waals surface area contributed by atoms with Crippen molar-refractivity contribution in [2.45, 2.75) is 13.3 Å². The Morgan fingerprint density at radius 2 is 2.00 bits per heavy atom. The Balaban J connectivity index is 2.52. The Bertz CT molecular complexity index is 553. The molecule has 0 fully saturated rings. The highest BCUT2D eigenvalue weighted by atomic mass is 32.2. The second-order valence-corrected chi connectivity index (χ2v) is 6.78. The summed E-state index contributed by atoms with van der Waals surface area (Å²) >= 11 is 0. The molecule has 0 bridgehead atoms. The molecule has 0 atom stereocenters. The van der Waals surface area contributed by atoms with Crippen LogP contribution in [0.2, 0.25) is 0 Å². The van der Waals surface area contributed by atoms with Crippen molar-refractivity contribution in [3.05, 3.63) is 29.3 Å². The molecular weight excluding hydrogens is 264 g/mol. The topological polar surface area (TPSA) is 75.3 Å². The third-order valence-electron chi connectivity index (χ3n) is 2.74. The lowest BCUT2D eigenvalue weighted by Gasteiger charge is -2.08. The molecule has 0 aliphatic carbocycles. The summed E-state index contributed by atoms with van der Waals surface area (Å²) < 4.78 is 21.9. The largest absolute Gasteiger partial charge is 0.388 e. The lowest BCUT2D eigenvalue weighted by molar-refractivity contribution is 0.0953. The first kappa shape index (κ1) is 15.5. The molecular formula is C13H20N2O3S. The van der Waals surface area contributed by atoms with Gasteiger partial charge in [-0.15, -0.1) is 0 Å². The molecule has 0 unspecified atom stereocenters. The standard InChI is InChI=1S/C13H20N2O3S/c1-10-9-11(5-6-12(10)14-2)13(16)15-7-4-8-19(3,17)18/h5-6,9,14H,4,7-8H2,1-3H3,(H,15,16). The highest BCUT2D eigenvalue weighted by Crippen LogP contribution is 2.15. The average molecular weight is 284 g/mol. The third-order valence-corrected chi connectivity index (χ3v) is 3.77. The first-order valence-corrected chi connectivity index (χ1v) is 8.14. The van der Waals surface area contributed by atoms with Crippen LogP contribution >= 0.6 is 0 Å². The van der Waals surface area contributed by atoms with Gasteiger partial charge >= 0.3 is 0 Å². The molecule has 0 aliphatic heterocycles. The maximum Gasteiger partial charge on any atom is 0.251 e. The van der Waals surface area contributed by atoms with Gasteiger partial charge in [0, 0.05) is 31.1 Å². The van der Waals surface area contributed by atoms with E-state index in [0.717, 1.165) is 11.3 Å². The number of aryl methyl sites for hydroxylation is 1. The molecule has 0 heterocycles. The summed E-state index contributed by atoms with van der Waals surface area (Å²) in [6.45, 7) is 2.28. The first-order chi connectivity index (χ1) is 8.83. The Hall–Kier alpha value is -1.56. The van der Waals surface area contributed by atoms with Crippen LogP contribution in [0.3, 0.4) is 0 Å². The minimum atomic E-state index is -2.96. The van der Waals surface area contributed by atoms with Crippen molar-refractivity contribution < 1.29 is 13.2 Å². The van der Waals surface area contributed by atoms with Crippen molar-refractivity contribution in [2.24, 2.45) is 0 Å². The Labute approximate surface area is 114 Å². The lowest BCUT2D eigenvalue weighted by atomic mass is 10.1. The molecule has 19 heavy (non-hydrogen) atoms. The monoisotopic (exact) mass is 284 g/mol. The van der Waals surface area contributed by atoms with E-state index in [1.165, 1.54) is 6.26 Å². The van der Waals surface area contributed by atoms with Crippen molar-refractivity contribution in [2.75, 3.05) is 30.9 Å². The molecule has 106 valence electrons. The summed E-state index contributed by atoms with van der Waals surface area (Å²) in [6.07, 6.45) is 1.62. The van der Waals surface area contributed by atoms with Gasteiger partial charge in [0.05, 0.1) is 5.75 Å². The van der Waals surface area contributed by atoms with E-state index >= 15 is 0 Å². The Kier molecular flexibility index (Phi) is 5.35. The van der Waals surface area contributed by atoms with Gasteiger partial charge in [0.2, 0.25) is 0 Å². The Morgan fingerprint density at radius 1 is 1.32 bits per heavy atom. The fourth-order valence-electron chi connectivity index (χ4n) is 1.72. The number of carbonyl (C=O) groups excluding carboxylic acids is 1. The summed E-state index contributed by atoms with van der Waals surface area (Å²) in [5, 5.41) is 5.74. The number of nitrogens with one attached hydrogen (secondary N) is 2. The van der Waals surface area contributed by atoms with Crippen molar-refractivity contribution in [3.8, 4) is 0 Å². The summed E-state index contributed by atoms with van der Waals surface area (Å²) in [4.78, 5) is 11.8. The van der Waals surface area contributed by atoms with Gasteiger partial charge in [-0.3, -0.25) is 4.79 Å². The number of anilines is 1. The molecule has 5 nitrogen and oxygen atoms in total. The van der Waals surface area contributed by atoms with Crippen LogP contribution in [-0.2, 0) is 9.84 Å². The molecule has 6 heteroatoms. The predicted octanol–water partition coefficient (Wildman–Crippen LogP) is 1.20. The quantitative estimate of drug-likeness (QED) is 0.770. The van der Waals surface area contributed by atoms with E-state index in [2.05, 4.69) is 10.6 Å². The third kappa shape index (κ3) is 5.30. The molecule has 0 saturated heterocycles. The van der Waals surface area contributed by atoms with E-state index in [1.807, 2.05) is 20.0 Å². The summed E-state index contributed by atoms with van der Waals surface area (Å²) in [5.74, 6) is -0.0930.